The van der Waals surface area contributed by atoms with Gasteiger partial charge in [-0.05, 0) is 49.2 Å². The van der Waals surface area contributed by atoms with Crippen molar-refractivity contribution in [3.63, 3.8) is 0 Å². The second-order valence-electron chi connectivity index (χ2n) is 4.07. The second-order valence-corrected chi connectivity index (χ2v) is 5.61. The van der Waals surface area contributed by atoms with E-state index in [1.165, 1.54) is 5.69 Å². The summed E-state index contributed by atoms with van der Waals surface area (Å²) in [6.07, 6.45) is 2.17. The SMILES string of the molecule is Cc1nn(C)c(CNCCCC(C)Cl)c1Br. The van der Waals surface area contributed by atoms with Crippen LogP contribution in [0.3, 0.4) is 0 Å². The lowest BCUT2D eigenvalue weighted by Crippen LogP contribution is -2.17. The lowest BCUT2D eigenvalue weighted by Gasteiger charge is -2.06. The quantitative estimate of drug-likeness (QED) is 0.647. The molecule has 5 heteroatoms. The molecule has 0 aromatic carbocycles. The lowest BCUT2D eigenvalue weighted by atomic mass is 10.2. The minimum absolute atomic E-state index is 0.271. The molecule has 0 aliphatic carbocycles. The van der Waals surface area contributed by atoms with Crippen molar-refractivity contribution in [2.24, 2.45) is 7.05 Å². The van der Waals surface area contributed by atoms with E-state index in [1.807, 2.05) is 25.6 Å². The molecule has 0 radical (unpaired) electrons. The highest BCUT2D eigenvalue weighted by Gasteiger charge is 2.09. The molecule has 1 N–H and O–H groups in total. The zero-order valence-corrected chi connectivity index (χ0v) is 12.4. The van der Waals surface area contributed by atoms with E-state index in [9.17, 15) is 0 Å². The Morgan fingerprint density at radius 2 is 2.25 bits per heavy atom. The van der Waals surface area contributed by atoms with E-state index in [2.05, 4.69) is 26.3 Å². The van der Waals surface area contributed by atoms with E-state index in [0.29, 0.717) is 0 Å². The second kappa shape index (κ2) is 6.62. The maximum atomic E-state index is 5.88. The Labute approximate surface area is 111 Å². The van der Waals surface area contributed by atoms with Crippen LogP contribution in [0.1, 0.15) is 31.2 Å². The molecule has 0 saturated carbocycles. The van der Waals surface area contributed by atoms with Crippen LogP contribution in [-0.2, 0) is 13.6 Å². The van der Waals surface area contributed by atoms with Gasteiger partial charge in [0.1, 0.15) is 0 Å². The number of rotatable bonds is 6. The molecule has 1 aromatic rings. The topological polar surface area (TPSA) is 29.9 Å². The van der Waals surface area contributed by atoms with Gasteiger partial charge < -0.3 is 5.32 Å². The van der Waals surface area contributed by atoms with Crippen LogP contribution in [0, 0.1) is 6.92 Å². The summed E-state index contributed by atoms with van der Waals surface area (Å²) in [5.74, 6) is 0. The lowest BCUT2D eigenvalue weighted by molar-refractivity contribution is 0.588. The Bertz CT molecular complexity index is 336. The predicted octanol–water partition coefficient (Wildman–Crippen LogP) is 2.99. The van der Waals surface area contributed by atoms with Crippen molar-refractivity contribution < 1.29 is 0 Å². The average Bonchev–Trinajstić information content (AvgIpc) is 2.43. The van der Waals surface area contributed by atoms with Crippen LogP contribution < -0.4 is 5.32 Å². The first-order valence-electron chi connectivity index (χ1n) is 5.55. The van der Waals surface area contributed by atoms with E-state index >= 15 is 0 Å². The van der Waals surface area contributed by atoms with Gasteiger partial charge >= 0.3 is 0 Å². The molecule has 3 nitrogen and oxygen atoms in total. The summed E-state index contributed by atoms with van der Waals surface area (Å²) in [7, 11) is 1.97. The normalized spacial score (nSPS) is 13.1. The minimum Gasteiger partial charge on any atom is -0.311 e. The van der Waals surface area contributed by atoms with Crippen molar-refractivity contribution in [1.29, 1.82) is 0 Å². The summed E-state index contributed by atoms with van der Waals surface area (Å²) in [4.78, 5) is 0. The predicted molar refractivity (Wildman–Crippen MR) is 71.9 cm³/mol. The van der Waals surface area contributed by atoms with Gasteiger partial charge in [-0.15, -0.1) is 11.6 Å². The molecule has 0 fully saturated rings. The Hall–Kier alpha value is -0.0600. The number of nitrogens with one attached hydrogen (secondary N) is 1. The first kappa shape index (κ1) is 14.0. The fourth-order valence-electron chi connectivity index (χ4n) is 1.59. The molecule has 1 heterocycles. The van der Waals surface area contributed by atoms with Gasteiger partial charge in [0.25, 0.3) is 0 Å². The summed E-state index contributed by atoms with van der Waals surface area (Å²) in [5, 5.41) is 8.02. The summed E-state index contributed by atoms with van der Waals surface area (Å²) >= 11 is 9.43. The Morgan fingerprint density at radius 1 is 1.56 bits per heavy atom. The van der Waals surface area contributed by atoms with Crippen LogP contribution in [0.4, 0.5) is 0 Å². The maximum Gasteiger partial charge on any atom is 0.0739 e. The van der Waals surface area contributed by atoms with Gasteiger partial charge in [0.2, 0.25) is 0 Å². The van der Waals surface area contributed by atoms with Gasteiger partial charge in [-0.1, -0.05) is 0 Å². The van der Waals surface area contributed by atoms with Gasteiger partial charge in [-0.25, -0.2) is 0 Å². The molecular formula is C11H19BrClN3. The van der Waals surface area contributed by atoms with Crippen molar-refractivity contribution >= 4 is 27.5 Å². The Kier molecular flexibility index (Phi) is 5.79. The van der Waals surface area contributed by atoms with Gasteiger partial charge in [0.05, 0.1) is 15.9 Å². The molecule has 0 spiro atoms. The van der Waals surface area contributed by atoms with Crippen LogP contribution in [0.25, 0.3) is 0 Å². The molecule has 0 saturated heterocycles. The third-order valence-corrected chi connectivity index (χ3v) is 3.76. The van der Waals surface area contributed by atoms with Crippen LogP contribution in [0.5, 0.6) is 0 Å². The van der Waals surface area contributed by atoms with Gasteiger partial charge in [-0.3, -0.25) is 4.68 Å². The van der Waals surface area contributed by atoms with Crippen LogP contribution >= 0.6 is 27.5 Å². The number of alkyl halides is 1. The molecular weight excluding hydrogens is 289 g/mol. The standard InChI is InChI=1S/C11H19BrClN3/c1-8(13)5-4-6-14-7-10-11(12)9(2)15-16(10)3/h8,14H,4-7H2,1-3H3. The van der Waals surface area contributed by atoms with Gasteiger partial charge in [-0.2, -0.15) is 5.10 Å². The van der Waals surface area contributed by atoms with E-state index in [0.717, 1.165) is 36.1 Å². The monoisotopic (exact) mass is 307 g/mol. The van der Waals surface area contributed by atoms with Crippen molar-refractivity contribution in [1.82, 2.24) is 15.1 Å². The number of hydrogen-bond donors (Lipinski definition) is 1. The Morgan fingerprint density at radius 3 is 2.75 bits per heavy atom. The van der Waals surface area contributed by atoms with Crippen molar-refractivity contribution in [2.45, 2.75) is 38.6 Å². The molecule has 0 bridgehead atoms. The van der Waals surface area contributed by atoms with Crippen molar-refractivity contribution in [3.8, 4) is 0 Å². The van der Waals surface area contributed by atoms with E-state index < -0.39 is 0 Å². The minimum atomic E-state index is 0.271. The van der Waals surface area contributed by atoms with Gasteiger partial charge in [0.15, 0.2) is 0 Å². The third-order valence-electron chi connectivity index (χ3n) is 2.51. The maximum absolute atomic E-state index is 5.88. The fraction of sp³-hybridized carbons (Fsp3) is 0.727. The molecule has 16 heavy (non-hydrogen) atoms. The zero-order chi connectivity index (χ0) is 12.1. The molecule has 92 valence electrons. The first-order valence-corrected chi connectivity index (χ1v) is 6.78. The average molecular weight is 309 g/mol. The number of halogens is 2. The molecule has 1 aromatic heterocycles. The van der Waals surface area contributed by atoms with Crippen molar-refractivity contribution in [3.05, 3.63) is 15.9 Å². The number of aromatic nitrogens is 2. The molecule has 1 unspecified atom stereocenters. The zero-order valence-electron chi connectivity index (χ0n) is 10.1. The molecule has 0 amide bonds. The van der Waals surface area contributed by atoms with Crippen LogP contribution in [-0.4, -0.2) is 21.7 Å². The summed E-state index contributed by atoms with van der Waals surface area (Å²) < 4.78 is 3.02. The summed E-state index contributed by atoms with van der Waals surface area (Å²) in [5.41, 5.74) is 2.23. The first-order chi connectivity index (χ1) is 7.52. The molecule has 1 atom stereocenters. The molecule has 0 aliphatic rings. The summed E-state index contributed by atoms with van der Waals surface area (Å²) in [6, 6.07) is 0. The fourth-order valence-corrected chi connectivity index (χ4v) is 2.22. The van der Waals surface area contributed by atoms with Crippen LogP contribution in [0.15, 0.2) is 4.47 Å². The Balaban J connectivity index is 2.32. The van der Waals surface area contributed by atoms with Gasteiger partial charge in [0, 0.05) is 19.0 Å². The summed E-state index contributed by atoms with van der Waals surface area (Å²) in [6.45, 7) is 5.87. The van der Waals surface area contributed by atoms with E-state index in [-0.39, 0.29) is 5.38 Å². The van der Waals surface area contributed by atoms with Crippen LogP contribution in [0.2, 0.25) is 0 Å². The number of nitrogens with zero attached hydrogens (tertiary/aromatic N) is 2. The highest BCUT2D eigenvalue weighted by atomic mass is 79.9. The molecule has 0 aliphatic heterocycles. The number of hydrogen-bond acceptors (Lipinski definition) is 2. The highest BCUT2D eigenvalue weighted by molar-refractivity contribution is 9.10. The van der Waals surface area contributed by atoms with E-state index in [4.69, 9.17) is 11.6 Å². The molecule has 1 rings (SSSR count). The largest absolute Gasteiger partial charge is 0.311 e. The number of aryl methyl sites for hydroxylation is 2. The van der Waals surface area contributed by atoms with Crippen molar-refractivity contribution in [2.75, 3.05) is 6.54 Å². The highest BCUT2D eigenvalue weighted by Crippen LogP contribution is 2.19. The van der Waals surface area contributed by atoms with E-state index in [1.54, 1.807) is 0 Å². The smallest absolute Gasteiger partial charge is 0.0739 e. The third kappa shape index (κ3) is 4.07.